The number of carboxylic acids is 1. The molecule has 0 saturated carbocycles. The Balaban J connectivity index is 1.59. The number of likely N-dealkylation sites (tertiary alicyclic amines) is 1. The second kappa shape index (κ2) is 12.4. The lowest BCUT2D eigenvalue weighted by Crippen LogP contribution is -2.45. The van der Waals surface area contributed by atoms with Crippen molar-refractivity contribution in [2.45, 2.75) is 51.0 Å². The predicted molar refractivity (Wildman–Crippen MR) is 137 cm³/mol. The van der Waals surface area contributed by atoms with Gasteiger partial charge < -0.3 is 29.2 Å². The van der Waals surface area contributed by atoms with E-state index < -0.39 is 11.9 Å². The number of unbranched alkanes of at least 4 members (excludes halogenated alkanes) is 1. The molecule has 1 aromatic carbocycles. The molecule has 10 heteroatoms. The Kier molecular flexibility index (Phi) is 9.04. The van der Waals surface area contributed by atoms with Crippen molar-refractivity contribution < 1.29 is 29.3 Å². The molecule has 1 saturated heterocycles. The molecule has 1 amide bonds. The van der Waals surface area contributed by atoms with Gasteiger partial charge in [-0.15, -0.1) is 0 Å². The molecule has 4 rings (SSSR count). The second-order valence-corrected chi connectivity index (χ2v) is 9.88. The molecule has 37 heavy (non-hydrogen) atoms. The first-order valence-corrected chi connectivity index (χ1v) is 13.1. The zero-order valence-corrected chi connectivity index (χ0v) is 21.7. The number of hydrogen-bond donors (Lipinski definition) is 2. The van der Waals surface area contributed by atoms with Gasteiger partial charge in [0.15, 0.2) is 11.5 Å². The maximum Gasteiger partial charge on any atom is 0.308 e. The molecular weight excluding hydrogens is 476 g/mol. The molecule has 202 valence electrons. The van der Waals surface area contributed by atoms with Gasteiger partial charge in [0.1, 0.15) is 5.82 Å². The smallest absolute Gasteiger partial charge is 0.308 e. The zero-order chi connectivity index (χ0) is 26.4. The molecule has 2 aliphatic rings. The van der Waals surface area contributed by atoms with E-state index in [9.17, 15) is 19.8 Å². The lowest BCUT2D eigenvalue weighted by molar-refractivity contribution is -0.143. The van der Waals surface area contributed by atoms with Crippen LogP contribution in [-0.2, 0) is 23.1 Å². The van der Waals surface area contributed by atoms with Crippen LogP contribution in [0.1, 0.15) is 49.9 Å². The third kappa shape index (κ3) is 6.24. The van der Waals surface area contributed by atoms with Crippen molar-refractivity contribution in [3.05, 3.63) is 42.0 Å². The number of carbonyl (C=O) groups excluding carboxylic acids is 1. The van der Waals surface area contributed by atoms with Gasteiger partial charge in [-0.05, 0) is 37.0 Å². The van der Waals surface area contributed by atoms with Crippen molar-refractivity contribution in [1.82, 2.24) is 19.4 Å². The molecule has 0 aliphatic carbocycles. The standard InChI is InChI=1S/C27H38N4O6/c1-3-4-11-30(12-5-14-32)25(33)17-31-16-20(19-6-8-22-23(15-19)37-18-36-22)26(27(34)35)21(31)7-9-24-28-10-13-29(24)2/h6,8,10,13,15,20-21,26,32H,3-5,7,9,11-12,14,16-18H2,1-2H3,(H,34,35)/t20-,21+,26-/m1/s1. The number of carboxylic acid groups (broad SMARTS) is 1. The van der Waals surface area contributed by atoms with Gasteiger partial charge in [-0.25, -0.2) is 4.98 Å². The van der Waals surface area contributed by atoms with Crippen LogP contribution in [0.2, 0.25) is 0 Å². The first kappa shape index (κ1) is 26.9. The summed E-state index contributed by atoms with van der Waals surface area (Å²) in [5.41, 5.74) is 0.872. The monoisotopic (exact) mass is 514 g/mol. The third-order valence-corrected chi connectivity index (χ3v) is 7.50. The highest BCUT2D eigenvalue weighted by molar-refractivity contribution is 5.79. The quantitative estimate of drug-likeness (QED) is 0.418. The van der Waals surface area contributed by atoms with Gasteiger partial charge in [-0.1, -0.05) is 19.4 Å². The Hall–Kier alpha value is -3.11. The molecule has 1 fully saturated rings. The fourth-order valence-corrected chi connectivity index (χ4v) is 5.49. The largest absolute Gasteiger partial charge is 0.481 e. The van der Waals surface area contributed by atoms with Crippen LogP contribution >= 0.6 is 0 Å². The number of imidazole rings is 1. The Bertz CT molecular complexity index is 1060. The number of amides is 1. The van der Waals surface area contributed by atoms with Crippen LogP contribution in [-0.4, -0.2) is 87.1 Å². The molecule has 0 radical (unpaired) electrons. The highest BCUT2D eigenvalue weighted by atomic mass is 16.7. The second-order valence-electron chi connectivity index (χ2n) is 9.88. The van der Waals surface area contributed by atoms with E-state index in [4.69, 9.17) is 9.47 Å². The highest BCUT2D eigenvalue weighted by Gasteiger charge is 2.47. The van der Waals surface area contributed by atoms with Crippen LogP contribution in [0.3, 0.4) is 0 Å². The first-order chi connectivity index (χ1) is 17.9. The molecule has 10 nitrogen and oxygen atoms in total. The lowest BCUT2D eigenvalue weighted by Gasteiger charge is -2.29. The SMILES string of the molecule is CCCCN(CCCO)C(=O)CN1C[C@H](c2ccc3c(c2)OCO3)[C@@H](C(=O)O)[C@@H]1CCc1nccn1C. The maximum absolute atomic E-state index is 13.4. The highest BCUT2D eigenvalue weighted by Crippen LogP contribution is 2.43. The molecule has 3 atom stereocenters. The number of fused-ring (bicyclic) bond motifs is 1. The third-order valence-electron chi connectivity index (χ3n) is 7.50. The summed E-state index contributed by atoms with van der Waals surface area (Å²) in [6, 6.07) is 5.27. The number of aliphatic hydroxyl groups is 1. The molecular formula is C27H38N4O6. The molecule has 3 heterocycles. The van der Waals surface area contributed by atoms with E-state index in [-0.39, 0.29) is 37.8 Å². The van der Waals surface area contributed by atoms with E-state index >= 15 is 0 Å². The number of benzene rings is 1. The van der Waals surface area contributed by atoms with Gasteiger partial charge >= 0.3 is 5.97 Å². The Morgan fingerprint density at radius 2 is 1.97 bits per heavy atom. The topological polar surface area (TPSA) is 117 Å². The number of aliphatic hydroxyl groups excluding tert-OH is 1. The number of aryl methyl sites for hydroxylation is 2. The van der Waals surface area contributed by atoms with Gasteiger partial charge in [0.2, 0.25) is 12.7 Å². The summed E-state index contributed by atoms with van der Waals surface area (Å²) in [6.45, 7) is 3.99. The molecule has 1 aromatic heterocycles. The molecule has 0 spiro atoms. The molecule has 0 unspecified atom stereocenters. The van der Waals surface area contributed by atoms with E-state index in [0.29, 0.717) is 50.4 Å². The number of aromatic nitrogens is 2. The summed E-state index contributed by atoms with van der Waals surface area (Å²) in [7, 11) is 1.93. The fraction of sp³-hybridized carbons (Fsp3) is 0.593. The van der Waals surface area contributed by atoms with E-state index in [0.717, 1.165) is 24.2 Å². The number of carbonyl (C=O) groups is 2. The van der Waals surface area contributed by atoms with Crippen LogP contribution in [0.15, 0.2) is 30.6 Å². The van der Waals surface area contributed by atoms with E-state index in [1.165, 1.54) is 0 Å². The number of nitrogens with zero attached hydrogens (tertiary/aromatic N) is 4. The average molecular weight is 515 g/mol. The minimum absolute atomic E-state index is 0.0270. The minimum atomic E-state index is -0.870. The van der Waals surface area contributed by atoms with Gasteiger partial charge in [-0.3, -0.25) is 14.5 Å². The first-order valence-electron chi connectivity index (χ1n) is 13.1. The van der Waals surface area contributed by atoms with Crippen molar-refractivity contribution in [3.63, 3.8) is 0 Å². The fourth-order valence-electron chi connectivity index (χ4n) is 5.49. The van der Waals surface area contributed by atoms with E-state index in [2.05, 4.69) is 11.9 Å². The number of rotatable bonds is 13. The summed E-state index contributed by atoms with van der Waals surface area (Å²) in [5, 5.41) is 19.7. The lowest BCUT2D eigenvalue weighted by atomic mass is 9.83. The molecule has 2 N–H and O–H groups in total. The van der Waals surface area contributed by atoms with Crippen LogP contribution < -0.4 is 9.47 Å². The average Bonchev–Trinajstić information content (AvgIpc) is 3.60. The molecule has 2 aliphatic heterocycles. The Morgan fingerprint density at radius 3 is 2.68 bits per heavy atom. The van der Waals surface area contributed by atoms with Crippen LogP contribution in [0.5, 0.6) is 11.5 Å². The van der Waals surface area contributed by atoms with Gasteiger partial charge in [0.05, 0.1) is 12.5 Å². The molecule has 0 bridgehead atoms. The summed E-state index contributed by atoms with van der Waals surface area (Å²) >= 11 is 0. The number of aliphatic carboxylic acids is 1. The Labute approximate surface area is 217 Å². The summed E-state index contributed by atoms with van der Waals surface area (Å²) in [4.78, 5) is 34.4. The zero-order valence-electron chi connectivity index (χ0n) is 21.7. The van der Waals surface area contributed by atoms with Crippen LogP contribution in [0, 0.1) is 5.92 Å². The van der Waals surface area contributed by atoms with E-state index in [1.807, 2.05) is 40.9 Å². The van der Waals surface area contributed by atoms with Crippen molar-refractivity contribution in [1.29, 1.82) is 0 Å². The van der Waals surface area contributed by atoms with Gasteiger partial charge in [-0.2, -0.15) is 0 Å². The van der Waals surface area contributed by atoms with Crippen molar-refractivity contribution in [2.24, 2.45) is 13.0 Å². The summed E-state index contributed by atoms with van der Waals surface area (Å²) in [5.74, 6) is 0.278. The van der Waals surface area contributed by atoms with Crippen molar-refractivity contribution in [3.8, 4) is 11.5 Å². The maximum atomic E-state index is 13.4. The van der Waals surface area contributed by atoms with Crippen molar-refractivity contribution >= 4 is 11.9 Å². The molecule has 2 aromatic rings. The number of hydrogen-bond acceptors (Lipinski definition) is 7. The summed E-state index contributed by atoms with van der Waals surface area (Å²) < 4.78 is 12.9. The summed E-state index contributed by atoms with van der Waals surface area (Å²) in [6.07, 6.45) is 7.17. The minimum Gasteiger partial charge on any atom is -0.481 e. The predicted octanol–water partition coefficient (Wildman–Crippen LogP) is 2.26. The normalized spacial score (nSPS) is 20.9. The van der Waals surface area contributed by atoms with Gasteiger partial charge in [0, 0.05) is 64.1 Å². The Morgan fingerprint density at radius 1 is 1.19 bits per heavy atom. The van der Waals surface area contributed by atoms with Crippen molar-refractivity contribution in [2.75, 3.05) is 39.6 Å². The van der Waals surface area contributed by atoms with Crippen LogP contribution in [0.4, 0.5) is 0 Å². The van der Waals surface area contributed by atoms with Crippen LogP contribution in [0.25, 0.3) is 0 Å². The van der Waals surface area contributed by atoms with E-state index in [1.54, 1.807) is 11.1 Å². The van der Waals surface area contributed by atoms with Gasteiger partial charge in [0.25, 0.3) is 0 Å². The number of ether oxygens (including phenoxy) is 2.